The Hall–Kier alpha value is -0.275. The molecule has 10 heavy (non-hydrogen) atoms. The van der Waals surface area contributed by atoms with Crippen molar-refractivity contribution >= 4 is 7.05 Å². The minimum absolute atomic E-state index is 0.208. The molecule has 0 radical (unpaired) electrons. The van der Waals surface area contributed by atoms with Gasteiger partial charge in [0.1, 0.15) is 0 Å². The summed E-state index contributed by atoms with van der Waals surface area (Å²) in [4.78, 5) is 2.17. The number of rotatable bonds is 2. The van der Waals surface area contributed by atoms with E-state index in [1.807, 2.05) is 0 Å². The Bertz CT molecular complexity index is 136. The topological polar surface area (TPSA) is 12.5 Å². The van der Waals surface area contributed by atoms with Crippen molar-refractivity contribution < 1.29 is 4.65 Å². The summed E-state index contributed by atoms with van der Waals surface area (Å²) < 4.78 is 5.56. The van der Waals surface area contributed by atoms with Gasteiger partial charge in [0.25, 0.3) is 0 Å². The Labute approximate surface area is 63.0 Å². The molecule has 0 saturated heterocycles. The standard InChI is InChI=1S/C7H14BNO/c1-7(2)10-8-5-4-6-9(8)3/h4-5,7H,6H2,1-3H3. The SMILES string of the molecule is CC(C)OB1C=CCN1C. The van der Waals surface area contributed by atoms with E-state index in [2.05, 4.69) is 37.8 Å². The first-order valence-corrected chi connectivity index (χ1v) is 3.72. The zero-order valence-electron chi connectivity index (χ0n) is 6.87. The molecule has 0 atom stereocenters. The molecule has 0 bridgehead atoms. The van der Waals surface area contributed by atoms with E-state index < -0.39 is 0 Å². The molecule has 0 saturated carbocycles. The maximum atomic E-state index is 5.56. The second kappa shape index (κ2) is 3.22. The lowest BCUT2D eigenvalue weighted by atomic mass is 9.84. The van der Waals surface area contributed by atoms with Gasteiger partial charge in [-0.25, -0.2) is 0 Å². The molecule has 0 aromatic carbocycles. The second-order valence-corrected chi connectivity index (χ2v) is 2.94. The van der Waals surface area contributed by atoms with Crippen molar-refractivity contribution in [2.75, 3.05) is 13.6 Å². The fraction of sp³-hybridized carbons (Fsp3) is 0.714. The monoisotopic (exact) mass is 139 g/mol. The molecule has 0 aliphatic carbocycles. The van der Waals surface area contributed by atoms with Crippen molar-refractivity contribution in [3.63, 3.8) is 0 Å². The Balaban J connectivity index is 2.33. The van der Waals surface area contributed by atoms with Gasteiger partial charge in [-0.05, 0) is 20.9 Å². The smallest absolute Gasteiger partial charge is 0.410 e. The van der Waals surface area contributed by atoms with Gasteiger partial charge < -0.3 is 9.47 Å². The van der Waals surface area contributed by atoms with Crippen LogP contribution in [0.5, 0.6) is 0 Å². The quantitative estimate of drug-likeness (QED) is 0.528. The van der Waals surface area contributed by atoms with Gasteiger partial charge >= 0.3 is 7.05 Å². The van der Waals surface area contributed by atoms with Crippen LogP contribution in [0.3, 0.4) is 0 Å². The molecule has 1 rings (SSSR count). The number of likely N-dealkylation sites (N-methyl/N-ethyl adjacent to an activating group) is 1. The predicted octanol–water partition coefficient (Wildman–Crippen LogP) is 0.940. The summed E-state index contributed by atoms with van der Waals surface area (Å²) in [5, 5.41) is 0. The van der Waals surface area contributed by atoms with Crippen LogP contribution in [0.2, 0.25) is 0 Å². The zero-order chi connectivity index (χ0) is 7.56. The molecule has 0 aromatic heterocycles. The fourth-order valence-corrected chi connectivity index (χ4v) is 1.02. The molecule has 0 amide bonds. The van der Waals surface area contributed by atoms with E-state index in [1.54, 1.807) is 0 Å². The molecule has 56 valence electrons. The van der Waals surface area contributed by atoms with E-state index in [0.717, 1.165) is 6.54 Å². The van der Waals surface area contributed by atoms with Crippen molar-refractivity contribution in [1.82, 2.24) is 4.81 Å². The molecule has 1 aliphatic rings. The summed E-state index contributed by atoms with van der Waals surface area (Å²) in [6.07, 6.45) is 2.45. The highest BCUT2D eigenvalue weighted by Crippen LogP contribution is 2.05. The normalized spacial score (nSPS) is 19.4. The number of nitrogens with zero attached hydrogens (tertiary/aromatic N) is 1. The van der Waals surface area contributed by atoms with Crippen LogP contribution < -0.4 is 0 Å². The molecule has 0 fully saturated rings. The predicted molar refractivity (Wildman–Crippen MR) is 43.7 cm³/mol. The van der Waals surface area contributed by atoms with Crippen LogP contribution in [0, 0.1) is 0 Å². The van der Waals surface area contributed by atoms with E-state index in [4.69, 9.17) is 4.65 Å². The van der Waals surface area contributed by atoms with Gasteiger partial charge in [-0.3, -0.25) is 0 Å². The van der Waals surface area contributed by atoms with E-state index in [-0.39, 0.29) is 7.05 Å². The third-order valence-electron chi connectivity index (χ3n) is 1.54. The summed E-state index contributed by atoms with van der Waals surface area (Å²) in [7, 11) is 2.27. The number of hydrogen-bond donors (Lipinski definition) is 0. The van der Waals surface area contributed by atoms with Crippen molar-refractivity contribution in [2.45, 2.75) is 20.0 Å². The van der Waals surface area contributed by atoms with Gasteiger partial charge in [0, 0.05) is 12.6 Å². The third-order valence-corrected chi connectivity index (χ3v) is 1.54. The van der Waals surface area contributed by atoms with Crippen molar-refractivity contribution in [3.05, 3.63) is 12.1 Å². The van der Waals surface area contributed by atoms with Gasteiger partial charge in [0.15, 0.2) is 0 Å². The lowest BCUT2D eigenvalue weighted by molar-refractivity contribution is 0.223. The fourth-order valence-electron chi connectivity index (χ4n) is 1.02. The minimum atomic E-state index is 0.208. The Kier molecular flexibility index (Phi) is 2.52. The molecule has 2 nitrogen and oxygen atoms in total. The highest BCUT2D eigenvalue weighted by atomic mass is 16.5. The van der Waals surface area contributed by atoms with Crippen molar-refractivity contribution in [2.24, 2.45) is 0 Å². The molecule has 1 aliphatic heterocycles. The summed E-state index contributed by atoms with van der Waals surface area (Å²) in [6, 6.07) is 0. The van der Waals surface area contributed by atoms with E-state index in [1.165, 1.54) is 0 Å². The molecule has 0 N–H and O–H groups in total. The van der Waals surface area contributed by atoms with Crippen LogP contribution in [0.25, 0.3) is 0 Å². The molecule has 0 spiro atoms. The lowest BCUT2D eigenvalue weighted by Gasteiger charge is -2.17. The first-order valence-electron chi connectivity index (χ1n) is 3.72. The Morgan fingerprint density at radius 2 is 2.30 bits per heavy atom. The lowest BCUT2D eigenvalue weighted by Crippen LogP contribution is -2.35. The second-order valence-electron chi connectivity index (χ2n) is 2.94. The van der Waals surface area contributed by atoms with Crippen LogP contribution in [-0.4, -0.2) is 31.6 Å². The summed E-state index contributed by atoms with van der Waals surface area (Å²) >= 11 is 0. The van der Waals surface area contributed by atoms with Crippen LogP contribution >= 0.6 is 0 Å². The summed E-state index contributed by atoms with van der Waals surface area (Å²) in [5.74, 6) is 2.10. The Morgan fingerprint density at radius 3 is 2.70 bits per heavy atom. The molecule has 1 heterocycles. The largest absolute Gasteiger partial charge is 0.416 e. The Morgan fingerprint density at radius 1 is 1.60 bits per heavy atom. The molecular formula is C7H14BNO. The highest BCUT2D eigenvalue weighted by Gasteiger charge is 2.23. The molecular weight excluding hydrogens is 125 g/mol. The van der Waals surface area contributed by atoms with Crippen LogP contribution in [0.4, 0.5) is 0 Å². The minimum Gasteiger partial charge on any atom is -0.416 e. The average molecular weight is 139 g/mol. The van der Waals surface area contributed by atoms with Gasteiger partial charge in [-0.2, -0.15) is 0 Å². The van der Waals surface area contributed by atoms with E-state index >= 15 is 0 Å². The molecule has 0 aromatic rings. The average Bonchev–Trinajstić information content (AvgIpc) is 2.15. The highest BCUT2D eigenvalue weighted by molar-refractivity contribution is 6.55. The first kappa shape index (κ1) is 7.83. The third kappa shape index (κ3) is 1.85. The first-order chi connectivity index (χ1) is 4.70. The van der Waals surface area contributed by atoms with Crippen molar-refractivity contribution in [1.29, 1.82) is 0 Å². The van der Waals surface area contributed by atoms with Gasteiger partial charge in [0.2, 0.25) is 0 Å². The summed E-state index contributed by atoms with van der Waals surface area (Å²) in [5.41, 5.74) is 0. The molecule has 3 heteroatoms. The van der Waals surface area contributed by atoms with E-state index in [0.29, 0.717) is 6.10 Å². The molecule has 0 unspecified atom stereocenters. The maximum absolute atomic E-state index is 5.56. The van der Waals surface area contributed by atoms with Gasteiger partial charge in [-0.1, -0.05) is 12.1 Å². The van der Waals surface area contributed by atoms with Crippen molar-refractivity contribution in [3.8, 4) is 0 Å². The van der Waals surface area contributed by atoms with Crippen LogP contribution in [-0.2, 0) is 4.65 Å². The van der Waals surface area contributed by atoms with Crippen LogP contribution in [0.15, 0.2) is 12.1 Å². The van der Waals surface area contributed by atoms with Gasteiger partial charge in [-0.15, -0.1) is 0 Å². The summed E-state index contributed by atoms with van der Waals surface area (Å²) in [6.45, 7) is 5.12. The van der Waals surface area contributed by atoms with E-state index in [9.17, 15) is 0 Å². The van der Waals surface area contributed by atoms with Gasteiger partial charge in [0.05, 0.1) is 0 Å². The zero-order valence-corrected chi connectivity index (χ0v) is 6.87. The maximum Gasteiger partial charge on any atom is 0.410 e. The number of hydrogen-bond acceptors (Lipinski definition) is 2. The van der Waals surface area contributed by atoms with Crippen LogP contribution in [0.1, 0.15) is 13.8 Å².